The van der Waals surface area contributed by atoms with Gasteiger partial charge in [-0.15, -0.1) is 0 Å². The van der Waals surface area contributed by atoms with Crippen LogP contribution in [0.3, 0.4) is 0 Å². The van der Waals surface area contributed by atoms with Crippen LogP contribution in [0.25, 0.3) is 0 Å². The molecule has 4 heteroatoms. The van der Waals surface area contributed by atoms with Crippen molar-refractivity contribution in [1.29, 1.82) is 0 Å². The molecular weight excluding hydrogens is 180 g/mol. The first-order valence-electron chi connectivity index (χ1n) is 5.26. The van der Waals surface area contributed by atoms with E-state index in [1.54, 1.807) is 6.92 Å². The first-order chi connectivity index (χ1) is 6.52. The third-order valence-electron chi connectivity index (χ3n) is 2.57. The summed E-state index contributed by atoms with van der Waals surface area (Å²) < 4.78 is 0. The van der Waals surface area contributed by atoms with Gasteiger partial charge >= 0.3 is 6.03 Å². The number of nitrogens with zero attached hydrogens (tertiary/aromatic N) is 2. The summed E-state index contributed by atoms with van der Waals surface area (Å²) in [5, 5.41) is 9.12. The summed E-state index contributed by atoms with van der Waals surface area (Å²) >= 11 is 0. The van der Waals surface area contributed by atoms with Crippen molar-refractivity contribution < 1.29 is 9.90 Å². The van der Waals surface area contributed by atoms with Crippen LogP contribution in [0.15, 0.2) is 0 Å². The van der Waals surface area contributed by atoms with Gasteiger partial charge in [0.25, 0.3) is 0 Å². The van der Waals surface area contributed by atoms with Crippen molar-refractivity contribution in [2.24, 2.45) is 0 Å². The number of aliphatic hydroxyl groups excluding tert-OH is 1. The van der Waals surface area contributed by atoms with E-state index in [4.69, 9.17) is 5.11 Å². The molecule has 4 nitrogen and oxygen atoms in total. The monoisotopic (exact) mass is 200 g/mol. The molecule has 0 bridgehead atoms. The van der Waals surface area contributed by atoms with Crippen molar-refractivity contribution in [3.63, 3.8) is 0 Å². The van der Waals surface area contributed by atoms with Crippen LogP contribution in [0.2, 0.25) is 0 Å². The number of hydrogen-bond acceptors (Lipinski definition) is 2. The highest BCUT2D eigenvalue weighted by atomic mass is 16.3. The van der Waals surface area contributed by atoms with Gasteiger partial charge in [-0.05, 0) is 27.2 Å². The number of urea groups is 1. The van der Waals surface area contributed by atoms with Crippen molar-refractivity contribution in [1.82, 2.24) is 9.80 Å². The van der Waals surface area contributed by atoms with E-state index in [-0.39, 0.29) is 18.2 Å². The van der Waals surface area contributed by atoms with Gasteiger partial charge in [-0.25, -0.2) is 4.79 Å². The van der Waals surface area contributed by atoms with Crippen LogP contribution in [0, 0.1) is 0 Å². The molecule has 1 N–H and O–H groups in total. The molecule has 82 valence electrons. The highest BCUT2D eigenvalue weighted by molar-refractivity contribution is 5.76. The summed E-state index contributed by atoms with van der Waals surface area (Å²) in [5.74, 6) is 0. The molecule has 0 spiro atoms. The third kappa shape index (κ3) is 2.61. The normalized spacial score (nSPS) is 19.6. The second kappa shape index (κ2) is 4.64. The Balaban J connectivity index is 2.40. The number of hydrogen-bond donors (Lipinski definition) is 1. The van der Waals surface area contributed by atoms with Gasteiger partial charge in [-0.2, -0.15) is 0 Å². The van der Waals surface area contributed by atoms with Crippen molar-refractivity contribution >= 4 is 6.03 Å². The van der Waals surface area contributed by atoms with E-state index in [1.165, 1.54) is 0 Å². The Bertz CT molecular complexity index is 204. The molecule has 14 heavy (non-hydrogen) atoms. The second-order valence-electron chi connectivity index (χ2n) is 4.19. The molecule has 1 fully saturated rings. The molecule has 1 unspecified atom stereocenters. The van der Waals surface area contributed by atoms with Crippen LogP contribution in [0.1, 0.15) is 27.2 Å². The lowest BCUT2D eigenvalue weighted by atomic mass is 10.3. The lowest BCUT2D eigenvalue weighted by molar-refractivity contribution is 0.157. The number of aliphatic hydroxyl groups is 1. The molecule has 0 aromatic heterocycles. The SMILES string of the molecule is CC(O)CCN1CCN(C(C)C)C1=O. The zero-order chi connectivity index (χ0) is 10.7. The molecule has 1 saturated heterocycles. The van der Waals surface area contributed by atoms with Crippen molar-refractivity contribution in [2.45, 2.75) is 39.3 Å². The van der Waals surface area contributed by atoms with Gasteiger partial charge in [0.05, 0.1) is 6.10 Å². The topological polar surface area (TPSA) is 43.8 Å². The average molecular weight is 200 g/mol. The van der Waals surface area contributed by atoms with E-state index in [0.29, 0.717) is 13.0 Å². The summed E-state index contributed by atoms with van der Waals surface area (Å²) in [6.45, 7) is 8.08. The van der Waals surface area contributed by atoms with Crippen LogP contribution < -0.4 is 0 Å². The van der Waals surface area contributed by atoms with Gasteiger partial charge in [-0.1, -0.05) is 0 Å². The lowest BCUT2D eigenvalue weighted by Gasteiger charge is -2.21. The van der Waals surface area contributed by atoms with E-state index in [9.17, 15) is 4.79 Å². The lowest BCUT2D eigenvalue weighted by Crippen LogP contribution is -2.37. The second-order valence-corrected chi connectivity index (χ2v) is 4.19. The van der Waals surface area contributed by atoms with E-state index in [1.807, 2.05) is 23.6 Å². The fourth-order valence-corrected chi connectivity index (χ4v) is 1.63. The predicted molar refractivity (Wildman–Crippen MR) is 55.1 cm³/mol. The molecule has 1 aliphatic heterocycles. The smallest absolute Gasteiger partial charge is 0.320 e. The van der Waals surface area contributed by atoms with Crippen LogP contribution in [-0.4, -0.2) is 52.7 Å². The third-order valence-corrected chi connectivity index (χ3v) is 2.57. The Morgan fingerprint density at radius 2 is 2.00 bits per heavy atom. The van der Waals surface area contributed by atoms with Crippen molar-refractivity contribution in [3.05, 3.63) is 0 Å². The molecule has 0 aromatic rings. The largest absolute Gasteiger partial charge is 0.393 e. The Labute approximate surface area is 85.5 Å². The van der Waals surface area contributed by atoms with E-state index in [2.05, 4.69) is 0 Å². The Morgan fingerprint density at radius 1 is 1.36 bits per heavy atom. The summed E-state index contributed by atoms with van der Waals surface area (Å²) in [7, 11) is 0. The summed E-state index contributed by atoms with van der Waals surface area (Å²) in [6, 6.07) is 0.389. The average Bonchev–Trinajstić information content (AvgIpc) is 2.43. The number of carbonyl (C=O) groups excluding carboxylic acids is 1. The predicted octanol–water partition coefficient (Wildman–Crippen LogP) is 0.903. The van der Waals surface area contributed by atoms with Gasteiger partial charge in [0.1, 0.15) is 0 Å². The molecule has 0 aromatic carbocycles. The van der Waals surface area contributed by atoms with E-state index < -0.39 is 0 Å². The standard InChI is InChI=1S/C10H20N2O2/c1-8(2)12-7-6-11(10(12)14)5-4-9(3)13/h8-9,13H,4-7H2,1-3H3. The maximum Gasteiger partial charge on any atom is 0.320 e. The fourth-order valence-electron chi connectivity index (χ4n) is 1.63. The minimum absolute atomic E-state index is 0.112. The van der Waals surface area contributed by atoms with Gasteiger partial charge in [-0.3, -0.25) is 0 Å². The first kappa shape index (κ1) is 11.3. The van der Waals surface area contributed by atoms with Crippen LogP contribution in [0.5, 0.6) is 0 Å². The molecular formula is C10H20N2O2. The molecule has 0 saturated carbocycles. The highest BCUT2D eigenvalue weighted by Gasteiger charge is 2.29. The van der Waals surface area contributed by atoms with Gasteiger partial charge in [0.15, 0.2) is 0 Å². The molecule has 1 atom stereocenters. The first-order valence-corrected chi connectivity index (χ1v) is 5.26. The minimum atomic E-state index is -0.323. The zero-order valence-electron chi connectivity index (χ0n) is 9.23. The fraction of sp³-hybridized carbons (Fsp3) is 0.900. The maximum absolute atomic E-state index is 11.7. The van der Waals surface area contributed by atoms with Gasteiger partial charge in [0.2, 0.25) is 0 Å². The molecule has 1 heterocycles. The minimum Gasteiger partial charge on any atom is -0.393 e. The number of carbonyl (C=O) groups is 1. The molecule has 0 radical (unpaired) electrons. The molecule has 1 rings (SSSR count). The summed E-state index contributed by atoms with van der Waals surface area (Å²) in [4.78, 5) is 15.4. The molecule has 2 amide bonds. The van der Waals surface area contributed by atoms with Crippen LogP contribution >= 0.6 is 0 Å². The summed E-state index contributed by atoms with van der Waals surface area (Å²) in [5.41, 5.74) is 0. The van der Waals surface area contributed by atoms with E-state index >= 15 is 0 Å². The van der Waals surface area contributed by atoms with Crippen molar-refractivity contribution in [3.8, 4) is 0 Å². The quantitative estimate of drug-likeness (QED) is 0.733. The van der Waals surface area contributed by atoms with Crippen LogP contribution in [-0.2, 0) is 0 Å². The van der Waals surface area contributed by atoms with Crippen molar-refractivity contribution in [2.75, 3.05) is 19.6 Å². The molecule has 0 aliphatic carbocycles. The zero-order valence-corrected chi connectivity index (χ0v) is 9.23. The number of amides is 2. The number of rotatable bonds is 4. The van der Waals surface area contributed by atoms with E-state index in [0.717, 1.165) is 13.1 Å². The van der Waals surface area contributed by atoms with Gasteiger partial charge < -0.3 is 14.9 Å². The molecule has 1 aliphatic rings. The van der Waals surface area contributed by atoms with Crippen LogP contribution in [0.4, 0.5) is 4.79 Å². The van der Waals surface area contributed by atoms with Gasteiger partial charge in [0, 0.05) is 25.7 Å². The Kier molecular flexibility index (Phi) is 3.75. The Hall–Kier alpha value is -0.770. The highest BCUT2D eigenvalue weighted by Crippen LogP contribution is 2.12. The Morgan fingerprint density at radius 3 is 2.43 bits per heavy atom. The summed E-state index contributed by atoms with van der Waals surface area (Å²) in [6.07, 6.45) is 0.341. The maximum atomic E-state index is 11.7.